The van der Waals surface area contributed by atoms with Crippen molar-refractivity contribution in [3.63, 3.8) is 0 Å². The molecular formula is C10H8ClNO3. The average molecular weight is 226 g/mol. The zero-order valence-corrected chi connectivity index (χ0v) is 8.69. The molecule has 0 saturated carbocycles. The van der Waals surface area contributed by atoms with Gasteiger partial charge in [0.05, 0.1) is 4.92 Å². The molecule has 0 aliphatic carbocycles. The number of nitro benzene ring substituents is 1. The maximum absolute atomic E-state index is 10.6. The molecule has 1 aromatic carbocycles. The summed E-state index contributed by atoms with van der Waals surface area (Å²) < 4.78 is 0. The summed E-state index contributed by atoms with van der Waals surface area (Å²) in [7, 11) is 0. The third-order valence-electron chi connectivity index (χ3n) is 1.84. The first-order valence-electron chi connectivity index (χ1n) is 4.13. The quantitative estimate of drug-likeness (QED) is 0.344. The predicted octanol–water partition coefficient (Wildman–Crippen LogP) is 2.68. The maximum atomic E-state index is 10.6. The summed E-state index contributed by atoms with van der Waals surface area (Å²) in [6.45, 7) is 1.65. The van der Waals surface area contributed by atoms with Crippen LogP contribution in [-0.2, 0) is 4.79 Å². The van der Waals surface area contributed by atoms with Crippen molar-refractivity contribution >= 4 is 28.6 Å². The van der Waals surface area contributed by atoms with Crippen molar-refractivity contribution in [2.45, 2.75) is 6.92 Å². The lowest BCUT2D eigenvalue weighted by Crippen LogP contribution is -1.91. The van der Waals surface area contributed by atoms with Gasteiger partial charge in [0.1, 0.15) is 0 Å². The monoisotopic (exact) mass is 225 g/mol. The fourth-order valence-electron chi connectivity index (χ4n) is 1.09. The van der Waals surface area contributed by atoms with Gasteiger partial charge in [0.25, 0.3) is 5.69 Å². The van der Waals surface area contributed by atoms with E-state index in [1.54, 1.807) is 19.1 Å². The second kappa shape index (κ2) is 4.70. The maximum Gasteiger partial charge on any atom is 0.272 e. The first-order valence-corrected chi connectivity index (χ1v) is 4.51. The van der Waals surface area contributed by atoms with Crippen LogP contribution in [0.3, 0.4) is 0 Å². The molecule has 0 unspecified atom stereocenters. The number of allylic oxidation sites excluding steroid dienone is 1. The van der Waals surface area contributed by atoms with Crippen LogP contribution in [0.4, 0.5) is 5.69 Å². The van der Waals surface area contributed by atoms with Crippen molar-refractivity contribution < 1.29 is 9.72 Å². The van der Waals surface area contributed by atoms with Crippen LogP contribution in [0.1, 0.15) is 11.1 Å². The Balaban J connectivity index is 3.08. The fourth-order valence-corrected chi connectivity index (χ4v) is 1.15. The summed E-state index contributed by atoms with van der Waals surface area (Å²) in [4.78, 5) is 20.6. The van der Waals surface area contributed by atoms with Gasteiger partial charge in [-0.15, -0.1) is 0 Å². The molecule has 0 aromatic heterocycles. The number of rotatable bonds is 3. The summed E-state index contributed by atoms with van der Waals surface area (Å²) in [6.07, 6.45) is 2.58. The Morgan fingerprint density at radius 3 is 2.73 bits per heavy atom. The van der Waals surface area contributed by atoms with Crippen molar-refractivity contribution in [2.24, 2.45) is 0 Å². The zero-order valence-electron chi connectivity index (χ0n) is 7.94. The third kappa shape index (κ3) is 3.18. The Bertz CT molecular complexity index is 440. The number of nitrogens with zero attached hydrogens (tertiary/aromatic N) is 1. The molecule has 0 bridgehead atoms. The topological polar surface area (TPSA) is 60.2 Å². The fraction of sp³-hybridized carbons (Fsp3) is 0.100. The van der Waals surface area contributed by atoms with Crippen molar-refractivity contribution in [1.29, 1.82) is 0 Å². The van der Waals surface area contributed by atoms with Gasteiger partial charge in [-0.05, 0) is 36.2 Å². The second-order valence-corrected chi connectivity index (χ2v) is 3.31. The number of carbonyl (C=O) groups is 1. The van der Waals surface area contributed by atoms with Gasteiger partial charge in [0.2, 0.25) is 5.24 Å². The molecule has 0 heterocycles. The standard InChI is InChI=1S/C10H8ClNO3/c1-7-2-3-8(4-5-10(11)13)6-9(7)12(14)15/h2-6H,1H3. The first kappa shape index (κ1) is 11.4. The number of carbonyl (C=O) groups excluding carboxylic acids is 1. The van der Waals surface area contributed by atoms with E-state index in [0.717, 1.165) is 6.08 Å². The summed E-state index contributed by atoms with van der Waals surface area (Å²) in [5.74, 6) is 0. The lowest BCUT2D eigenvalue weighted by atomic mass is 10.1. The van der Waals surface area contributed by atoms with Gasteiger partial charge >= 0.3 is 0 Å². The van der Waals surface area contributed by atoms with Crippen LogP contribution in [0.25, 0.3) is 6.08 Å². The van der Waals surface area contributed by atoms with E-state index in [1.165, 1.54) is 12.1 Å². The van der Waals surface area contributed by atoms with Crippen LogP contribution in [-0.4, -0.2) is 10.2 Å². The Morgan fingerprint density at radius 1 is 1.53 bits per heavy atom. The van der Waals surface area contributed by atoms with Gasteiger partial charge in [-0.1, -0.05) is 12.1 Å². The number of hydrogen-bond donors (Lipinski definition) is 0. The number of hydrogen-bond acceptors (Lipinski definition) is 3. The first-order chi connectivity index (χ1) is 7.00. The van der Waals surface area contributed by atoms with Gasteiger partial charge in [-0.2, -0.15) is 0 Å². The Labute approximate surface area is 91.3 Å². The molecule has 0 N–H and O–H groups in total. The summed E-state index contributed by atoms with van der Waals surface area (Å²) in [5, 5.41) is 9.99. The average Bonchev–Trinajstić information content (AvgIpc) is 2.16. The Kier molecular flexibility index (Phi) is 3.57. The highest BCUT2D eigenvalue weighted by Crippen LogP contribution is 2.19. The molecule has 0 amide bonds. The molecule has 0 aliphatic heterocycles. The number of benzene rings is 1. The number of nitro groups is 1. The van der Waals surface area contributed by atoms with Gasteiger partial charge < -0.3 is 0 Å². The molecule has 0 saturated heterocycles. The lowest BCUT2D eigenvalue weighted by molar-refractivity contribution is -0.385. The molecule has 0 radical (unpaired) electrons. The predicted molar refractivity (Wildman–Crippen MR) is 57.7 cm³/mol. The molecule has 1 aromatic rings. The van der Waals surface area contributed by atoms with E-state index in [9.17, 15) is 14.9 Å². The van der Waals surface area contributed by atoms with Crippen molar-refractivity contribution in [1.82, 2.24) is 0 Å². The molecule has 0 spiro atoms. The van der Waals surface area contributed by atoms with Gasteiger partial charge in [-0.25, -0.2) is 0 Å². The molecule has 78 valence electrons. The summed E-state index contributed by atoms with van der Waals surface area (Å²) >= 11 is 5.10. The largest absolute Gasteiger partial charge is 0.276 e. The highest BCUT2D eigenvalue weighted by molar-refractivity contribution is 6.66. The van der Waals surface area contributed by atoms with Gasteiger partial charge in [0.15, 0.2) is 0 Å². The molecule has 1 rings (SSSR count). The van der Waals surface area contributed by atoms with Crippen molar-refractivity contribution in [3.8, 4) is 0 Å². The molecule has 4 nitrogen and oxygen atoms in total. The summed E-state index contributed by atoms with van der Waals surface area (Å²) in [6, 6.07) is 4.70. The number of halogens is 1. The Hall–Kier alpha value is -1.68. The normalized spacial score (nSPS) is 10.5. The van der Waals surface area contributed by atoms with E-state index in [-0.39, 0.29) is 5.69 Å². The molecule has 0 fully saturated rings. The molecule has 0 aliphatic rings. The van der Waals surface area contributed by atoms with Crippen LogP contribution in [0.15, 0.2) is 24.3 Å². The lowest BCUT2D eigenvalue weighted by Gasteiger charge is -1.97. The van der Waals surface area contributed by atoms with Crippen LogP contribution < -0.4 is 0 Å². The van der Waals surface area contributed by atoms with Crippen molar-refractivity contribution in [3.05, 3.63) is 45.5 Å². The SMILES string of the molecule is Cc1ccc(C=CC(=O)Cl)cc1[N+](=O)[O-]. The minimum Gasteiger partial charge on any atom is -0.276 e. The second-order valence-electron chi connectivity index (χ2n) is 2.94. The van der Waals surface area contributed by atoms with E-state index in [2.05, 4.69) is 0 Å². The minimum absolute atomic E-state index is 0.0270. The van der Waals surface area contributed by atoms with E-state index < -0.39 is 10.2 Å². The van der Waals surface area contributed by atoms with E-state index in [1.807, 2.05) is 0 Å². The molecule has 0 atom stereocenters. The highest BCUT2D eigenvalue weighted by Gasteiger charge is 2.09. The molecule has 5 heteroatoms. The zero-order chi connectivity index (χ0) is 11.4. The smallest absolute Gasteiger partial charge is 0.272 e. The van der Waals surface area contributed by atoms with Crippen LogP contribution >= 0.6 is 11.6 Å². The van der Waals surface area contributed by atoms with Crippen LogP contribution in [0.5, 0.6) is 0 Å². The van der Waals surface area contributed by atoms with E-state index in [0.29, 0.717) is 11.1 Å². The Morgan fingerprint density at radius 2 is 2.20 bits per heavy atom. The number of aryl methyl sites for hydroxylation is 1. The van der Waals surface area contributed by atoms with Crippen LogP contribution in [0.2, 0.25) is 0 Å². The summed E-state index contributed by atoms with van der Waals surface area (Å²) in [5.41, 5.74) is 1.18. The molecular weight excluding hydrogens is 218 g/mol. The van der Waals surface area contributed by atoms with Crippen LogP contribution in [0, 0.1) is 17.0 Å². The minimum atomic E-state index is -0.613. The van der Waals surface area contributed by atoms with E-state index >= 15 is 0 Å². The van der Waals surface area contributed by atoms with Gasteiger partial charge in [-0.3, -0.25) is 14.9 Å². The third-order valence-corrected chi connectivity index (χ3v) is 1.96. The van der Waals surface area contributed by atoms with Gasteiger partial charge in [0, 0.05) is 11.6 Å². The van der Waals surface area contributed by atoms with Crippen molar-refractivity contribution in [2.75, 3.05) is 0 Å². The molecule has 15 heavy (non-hydrogen) atoms. The highest BCUT2D eigenvalue weighted by atomic mass is 35.5. The van der Waals surface area contributed by atoms with E-state index in [4.69, 9.17) is 11.6 Å².